The molecule has 2 aliphatic heterocycles. The molecular formula is C14H23N3O3. The number of carboxylic acids is 1. The van der Waals surface area contributed by atoms with E-state index in [1.807, 2.05) is 9.80 Å². The number of amides is 2. The number of urea groups is 1. The molecule has 20 heavy (non-hydrogen) atoms. The van der Waals surface area contributed by atoms with E-state index in [1.54, 1.807) is 0 Å². The Morgan fingerprint density at radius 1 is 1.10 bits per heavy atom. The van der Waals surface area contributed by atoms with Gasteiger partial charge in [0.2, 0.25) is 0 Å². The quantitative estimate of drug-likeness (QED) is 0.808. The third-order valence-electron chi connectivity index (χ3n) is 4.87. The van der Waals surface area contributed by atoms with Crippen LogP contribution in [0.1, 0.15) is 25.7 Å². The van der Waals surface area contributed by atoms with E-state index >= 15 is 0 Å². The van der Waals surface area contributed by atoms with Crippen molar-refractivity contribution in [3.05, 3.63) is 0 Å². The Bertz CT molecular complexity index is 401. The zero-order valence-electron chi connectivity index (χ0n) is 11.8. The number of fused-ring (bicyclic) bond motifs is 2. The minimum atomic E-state index is -0.790. The molecule has 2 amide bonds. The smallest absolute Gasteiger partial charge is 0.320 e. The largest absolute Gasteiger partial charge is 0.480 e. The molecule has 3 rings (SSSR count). The molecule has 0 radical (unpaired) electrons. The van der Waals surface area contributed by atoms with Crippen molar-refractivity contribution in [3.8, 4) is 0 Å². The fourth-order valence-corrected chi connectivity index (χ4v) is 3.85. The van der Waals surface area contributed by atoms with Gasteiger partial charge in [-0.1, -0.05) is 0 Å². The van der Waals surface area contributed by atoms with Gasteiger partial charge in [0, 0.05) is 38.8 Å². The van der Waals surface area contributed by atoms with E-state index in [0.717, 1.165) is 38.4 Å². The lowest BCUT2D eigenvalue weighted by Crippen LogP contribution is -2.47. The maximum atomic E-state index is 12.6. The van der Waals surface area contributed by atoms with Gasteiger partial charge in [0.05, 0.1) is 6.54 Å². The number of likely N-dealkylation sites (tertiary alicyclic amines) is 1. The molecule has 1 N–H and O–H groups in total. The summed E-state index contributed by atoms with van der Waals surface area (Å²) >= 11 is 0. The van der Waals surface area contributed by atoms with Crippen molar-refractivity contribution in [2.45, 2.75) is 31.7 Å². The molecule has 1 saturated carbocycles. The highest BCUT2D eigenvalue weighted by atomic mass is 16.4. The normalized spacial score (nSPS) is 30.6. The second-order valence-corrected chi connectivity index (χ2v) is 6.28. The van der Waals surface area contributed by atoms with Crippen molar-refractivity contribution in [1.29, 1.82) is 0 Å². The highest BCUT2D eigenvalue weighted by Crippen LogP contribution is 2.37. The summed E-state index contributed by atoms with van der Waals surface area (Å²) in [6.07, 6.45) is 4.49. The lowest BCUT2D eigenvalue weighted by molar-refractivity contribution is -0.138. The first-order chi connectivity index (χ1) is 9.63. The number of carbonyl (C=O) groups is 2. The van der Waals surface area contributed by atoms with Crippen LogP contribution in [0.15, 0.2) is 0 Å². The zero-order valence-corrected chi connectivity index (χ0v) is 11.8. The van der Waals surface area contributed by atoms with Crippen LogP contribution in [-0.4, -0.2) is 77.1 Å². The van der Waals surface area contributed by atoms with Crippen LogP contribution in [0.2, 0.25) is 0 Å². The lowest BCUT2D eigenvalue weighted by Gasteiger charge is -2.32. The Labute approximate surface area is 119 Å². The molecule has 0 spiro atoms. The molecule has 3 fully saturated rings. The number of carbonyl (C=O) groups excluding carboxylic acids is 1. The number of nitrogens with zero attached hydrogens (tertiary/aromatic N) is 3. The third-order valence-corrected chi connectivity index (χ3v) is 4.87. The van der Waals surface area contributed by atoms with Crippen LogP contribution in [0.3, 0.4) is 0 Å². The SMILES string of the molecule is O=C(O)CN1CCCN(C(=O)N2CC3CCC2C3)CC1. The average molecular weight is 281 g/mol. The lowest BCUT2D eigenvalue weighted by atomic mass is 10.1. The monoisotopic (exact) mass is 281 g/mol. The van der Waals surface area contributed by atoms with E-state index in [0.29, 0.717) is 19.1 Å². The average Bonchev–Trinajstić information content (AvgIpc) is 2.96. The highest BCUT2D eigenvalue weighted by molar-refractivity contribution is 5.75. The van der Waals surface area contributed by atoms with Gasteiger partial charge in [-0.25, -0.2) is 4.79 Å². The van der Waals surface area contributed by atoms with Crippen molar-refractivity contribution < 1.29 is 14.7 Å². The topological polar surface area (TPSA) is 64.1 Å². The van der Waals surface area contributed by atoms with Crippen LogP contribution in [-0.2, 0) is 4.79 Å². The van der Waals surface area contributed by atoms with Crippen molar-refractivity contribution in [2.75, 3.05) is 39.3 Å². The summed E-state index contributed by atoms with van der Waals surface area (Å²) in [6.45, 7) is 3.85. The number of aliphatic carboxylic acids is 1. The molecule has 2 atom stereocenters. The number of piperidine rings is 1. The van der Waals surface area contributed by atoms with Crippen molar-refractivity contribution in [3.63, 3.8) is 0 Å². The van der Waals surface area contributed by atoms with Crippen LogP contribution in [0.4, 0.5) is 4.79 Å². The molecule has 2 heterocycles. The van der Waals surface area contributed by atoms with Crippen LogP contribution >= 0.6 is 0 Å². The van der Waals surface area contributed by atoms with Gasteiger partial charge in [-0.3, -0.25) is 9.69 Å². The molecule has 2 unspecified atom stereocenters. The third kappa shape index (κ3) is 2.75. The summed E-state index contributed by atoms with van der Waals surface area (Å²) in [5, 5.41) is 8.85. The minimum Gasteiger partial charge on any atom is -0.480 e. The van der Waals surface area contributed by atoms with Crippen LogP contribution < -0.4 is 0 Å². The molecule has 0 aromatic heterocycles. The summed E-state index contributed by atoms with van der Waals surface area (Å²) in [6, 6.07) is 0.639. The molecule has 2 saturated heterocycles. The number of rotatable bonds is 2. The molecule has 6 heteroatoms. The standard InChI is InChI=1S/C14H23N3O3/c18-13(19)10-15-4-1-5-16(7-6-15)14(20)17-9-11-2-3-12(17)8-11/h11-12H,1-10H2,(H,18,19). The number of carboxylic acid groups (broad SMARTS) is 1. The molecule has 0 aromatic rings. The number of hydrogen-bond donors (Lipinski definition) is 1. The van der Waals surface area contributed by atoms with Crippen LogP contribution in [0.25, 0.3) is 0 Å². The first kappa shape index (κ1) is 13.7. The van der Waals surface area contributed by atoms with E-state index in [9.17, 15) is 9.59 Å². The van der Waals surface area contributed by atoms with Crippen molar-refractivity contribution in [2.24, 2.45) is 5.92 Å². The van der Waals surface area contributed by atoms with Gasteiger partial charge in [-0.2, -0.15) is 0 Å². The van der Waals surface area contributed by atoms with E-state index in [4.69, 9.17) is 5.11 Å². The van der Waals surface area contributed by atoms with Crippen LogP contribution in [0.5, 0.6) is 0 Å². The van der Waals surface area contributed by atoms with Gasteiger partial charge in [-0.15, -0.1) is 0 Å². The minimum absolute atomic E-state index is 0.0798. The maximum absolute atomic E-state index is 12.6. The Balaban J connectivity index is 1.55. The molecule has 0 aromatic carbocycles. The van der Waals surface area contributed by atoms with E-state index < -0.39 is 5.97 Å². The fourth-order valence-electron chi connectivity index (χ4n) is 3.85. The molecule has 112 valence electrons. The zero-order chi connectivity index (χ0) is 14.1. The van der Waals surface area contributed by atoms with Gasteiger partial charge in [-0.05, 0) is 31.6 Å². The second kappa shape index (κ2) is 5.60. The van der Waals surface area contributed by atoms with Crippen molar-refractivity contribution >= 4 is 12.0 Å². The van der Waals surface area contributed by atoms with Gasteiger partial charge in [0.15, 0.2) is 0 Å². The summed E-state index contributed by atoms with van der Waals surface area (Å²) in [7, 11) is 0. The Morgan fingerprint density at radius 2 is 1.95 bits per heavy atom. The van der Waals surface area contributed by atoms with Gasteiger partial charge in [0.25, 0.3) is 0 Å². The molecular weight excluding hydrogens is 258 g/mol. The predicted molar refractivity (Wildman–Crippen MR) is 73.5 cm³/mol. The summed E-state index contributed by atoms with van der Waals surface area (Å²) in [4.78, 5) is 29.2. The van der Waals surface area contributed by atoms with Crippen molar-refractivity contribution in [1.82, 2.24) is 14.7 Å². The summed E-state index contributed by atoms with van der Waals surface area (Å²) in [5.74, 6) is -0.0685. The molecule has 1 aliphatic carbocycles. The fraction of sp³-hybridized carbons (Fsp3) is 0.857. The van der Waals surface area contributed by atoms with Gasteiger partial charge < -0.3 is 14.9 Å². The first-order valence-electron chi connectivity index (χ1n) is 7.63. The Hall–Kier alpha value is -1.30. The van der Waals surface area contributed by atoms with E-state index in [1.165, 1.54) is 12.8 Å². The number of hydrogen-bond acceptors (Lipinski definition) is 3. The summed E-state index contributed by atoms with van der Waals surface area (Å²) < 4.78 is 0. The molecule has 6 nitrogen and oxygen atoms in total. The van der Waals surface area contributed by atoms with Gasteiger partial charge in [0.1, 0.15) is 0 Å². The van der Waals surface area contributed by atoms with E-state index in [-0.39, 0.29) is 12.6 Å². The Kier molecular flexibility index (Phi) is 3.83. The predicted octanol–water partition coefficient (Wildman–Crippen LogP) is 0.683. The maximum Gasteiger partial charge on any atom is 0.320 e. The summed E-state index contributed by atoms with van der Waals surface area (Å²) in [5.41, 5.74) is 0. The second-order valence-electron chi connectivity index (χ2n) is 6.28. The van der Waals surface area contributed by atoms with E-state index in [2.05, 4.69) is 4.90 Å². The highest BCUT2D eigenvalue weighted by Gasteiger charge is 2.41. The van der Waals surface area contributed by atoms with Crippen LogP contribution in [0, 0.1) is 5.92 Å². The molecule has 3 aliphatic rings. The first-order valence-corrected chi connectivity index (χ1v) is 7.63. The molecule has 2 bridgehead atoms. The van der Waals surface area contributed by atoms with Gasteiger partial charge >= 0.3 is 12.0 Å². The Morgan fingerprint density at radius 3 is 2.60 bits per heavy atom.